The monoisotopic (exact) mass is 281 g/mol. The molecule has 4 unspecified atom stereocenters. The molecule has 2 fully saturated rings. The van der Waals surface area contributed by atoms with Gasteiger partial charge in [-0.2, -0.15) is 0 Å². The van der Waals surface area contributed by atoms with Crippen molar-refractivity contribution in [2.75, 3.05) is 13.1 Å². The molecule has 2 rings (SSSR count). The summed E-state index contributed by atoms with van der Waals surface area (Å²) in [4.78, 5) is 2.71. The van der Waals surface area contributed by atoms with Crippen LogP contribution in [0.2, 0.25) is 0 Å². The summed E-state index contributed by atoms with van der Waals surface area (Å²) in [6.45, 7) is 9.66. The smallest absolute Gasteiger partial charge is 0.0422 e. The highest BCUT2D eigenvalue weighted by Gasteiger charge is 2.44. The molecule has 0 aromatic carbocycles. The van der Waals surface area contributed by atoms with Gasteiger partial charge in [0.2, 0.25) is 0 Å². The van der Waals surface area contributed by atoms with Crippen molar-refractivity contribution in [3.05, 3.63) is 0 Å². The van der Waals surface area contributed by atoms with Crippen LogP contribution in [0.5, 0.6) is 0 Å². The number of nitrogens with zero attached hydrogens (tertiary/aromatic N) is 1. The van der Waals surface area contributed by atoms with Crippen LogP contribution in [-0.2, 0) is 0 Å². The van der Waals surface area contributed by atoms with Crippen molar-refractivity contribution < 1.29 is 0 Å². The molecule has 0 aromatic heterocycles. The average Bonchev–Trinajstić information content (AvgIpc) is 3.03. The average molecular weight is 281 g/mol. The molecule has 3 N–H and O–H groups in total. The first-order valence-corrected chi connectivity index (χ1v) is 8.88. The molecule has 1 heterocycles. The summed E-state index contributed by atoms with van der Waals surface area (Å²) in [6.07, 6.45) is 10.8. The van der Waals surface area contributed by atoms with Gasteiger partial charge in [-0.1, -0.05) is 39.5 Å². The molecule has 0 amide bonds. The van der Waals surface area contributed by atoms with E-state index in [1.165, 1.54) is 64.5 Å². The zero-order valence-corrected chi connectivity index (χ0v) is 13.8. The van der Waals surface area contributed by atoms with Crippen LogP contribution in [0.3, 0.4) is 0 Å². The van der Waals surface area contributed by atoms with Crippen LogP contribution >= 0.6 is 0 Å². The first kappa shape index (κ1) is 16.3. The van der Waals surface area contributed by atoms with Crippen molar-refractivity contribution in [2.45, 2.75) is 83.7 Å². The second kappa shape index (κ2) is 7.24. The van der Waals surface area contributed by atoms with Crippen LogP contribution in [0.15, 0.2) is 0 Å². The molecule has 2 aliphatic rings. The number of nitrogens with two attached hydrogens (primary N) is 1. The topological polar surface area (TPSA) is 41.3 Å². The third kappa shape index (κ3) is 3.05. The molecule has 3 nitrogen and oxygen atoms in total. The number of rotatable bonds is 6. The summed E-state index contributed by atoms with van der Waals surface area (Å²) in [6, 6.07) is 0.441. The quantitative estimate of drug-likeness (QED) is 0.580. The molecule has 1 aliphatic heterocycles. The molecule has 0 bridgehead atoms. The van der Waals surface area contributed by atoms with Crippen LogP contribution in [0.25, 0.3) is 0 Å². The van der Waals surface area contributed by atoms with Crippen molar-refractivity contribution >= 4 is 0 Å². The predicted octanol–water partition coefficient (Wildman–Crippen LogP) is 3.30. The highest BCUT2D eigenvalue weighted by molar-refractivity contribution is 5.01. The Bertz CT molecular complexity index is 288. The number of hydrogen-bond acceptors (Lipinski definition) is 3. The van der Waals surface area contributed by atoms with E-state index in [4.69, 9.17) is 5.84 Å². The summed E-state index contributed by atoms with van der Waals surface area (Å²) in [5.74, 6) is 7.69. The van der Waals surface area contributed by atoms with Gasteiger partial charge in [0, 0.05) is 11.6 Å². The van der Waals surface area contributed by atoms with Crippen molar-refractivity contribution in [3.63, 3.8) is 0 Å². The highest BCUT2D eigenvalue weighted by atomic mass is 15.3. The first-order valence-electron chi connectivity index (χ1n) is 8.88. The van der Waals surface area contributed by atoms with E-state index in [9.17, 15) is 0 Å². The minimum absolute atomic E-state index is 0.223. The molecule has 118 valence electrons. The van der Waals surface area contributed by atoms with Crippen molar-refractivity contribution in [1.82, 2.24) is 10.3 Å². The normalized spacial score (nSPS) is 33.0. The Kier molecular flexibility index (Phi) is 5.88. The van der Waals surface area contributed by atoms with Crippen LogP contribution in [0.1, 0.15) is 72.1 Å². The minimum Gasteiger partial charge on any atom is -0.296 e. The lowest BCUT2D eigenvalue weighted by molar-refractivity contribution is 0.0269. The Morgan fingerprint density at radius 1 is 1.15 bits per heavy atom. The molecule has 0 spiro atoms. The Hall–Kier alpha value is -0.120. The van der Waals surface area contributed by atoms with E-state index in [2.05, 4.69) is 31.1 Å². The summed E-state index contributed by atoms with van der Waals surface area (Å²) in [5, 5.41) is 0. The largest absolute Gasteiger partial charge is 0.296 e. The van der Waals surface area contributed by atoms with E-state index in [0.29, 0.717) is 6.04 Å². The molecule has 1 saturated heterocycles. The maximum absolute atomic E-state index is 6.07. The maximum atomic E-state index is 6.07. The lowest BCUT2D eigenvalue weighted by Gasteiger charge is -2.50. The molecule has 20 heavy (non-hydrogen) atoms. The molecule has 4 atom stereocenters. The standard InChI is InChI=1S/C17H35N3/c1-4-14-10-6-7-11-15(14)16(19-18)17(3,5-2)20-12-8-9-13-20/h14-16,19H,4-13,18H2,1-3H3. The second-order valence-electron chi connectivity index (χ2n) is 7.17. The van der Waals surface area contributed by atoms with Crippen LogP contribution < -0.4 is 11.3 Å². The van der Waals surface area contributed by atoms with E-state index in [1.54, 1.807) is 0 Å². The van der Waals surface area contributed by atoms with E-state index in [0.717, 1.165) is 11.8 Å². The van der Waals surface area contributed by atoms with Crippen molar-refractivity contribution in [3.8, 4) is 0 Å². The maximum Gasteiger partial charge on any atom is 0.0422 e. The lowest BCUT2D eigenvalue weighted by atomic mass is 9.68. The van der Waals surface area contributed by atoms with Gasteiger partial charge in [-0.3, -0.25) is 16.2 Å². The lowest BCUT2D eigenvalue weighted by Crippen LogP contribution is -2.64. The number of likely N-dealkylation sites (tertiary alicyclic amines) is 1. The Morgan fingerprint density at radius 3 is 2.35 bits per heavy atom. The Morgan fingerprint density at radius 2 is 1.80 bits per heavy atom. The van der Waals surface area contributed by atoms with Gasteiger partial charge in [0.15, 0.2) is 0 Å². The van der Waals surface area contributed by atoms with Crippen LogP contribution in [0.4, 0.5) is 0 Å². The minimum atomic E-state index is 0.223. The zero-order chi connectivity index (χ0) is 14.6. The zero-order valence-electron chi connectivity index (χ0n) is 13.8. The molecule has 1 saturated carbocycles. The number of nitrogens with one attached hydrogen (secondary N) is 1. The van der Waals surface area contributed by atoms with Gasteiger partial charge in [-0.05, 0) is 57.5 Å². The Labute approximate surface area is 125 Å². The van der Waals surface area contributed by atoms with Crippen LogP contribution in [-0.4, -0.2) is 29.6 Å². The van der Waals surface area contributed by atoms with Gasteiger partial charge in [-0.15, -0.1) is 0 Å². The molecule has 0 radical (unpaired) electrons. The predicted molar refractivity (Wildman–Crippen MR) is 86.4 cm³/mol. The molecule has 3 heteroatoms. The van der Waals surface area contributed by atoms with Gasteiger partial charge in [-0.25, -0.2) is 0 Å². The molecular weight excluding hydrogens is 246 g/mol. The Balaban J connectivity index is 2.18. The second-order valence-corrected chi connectivity index (χ2v) is 7.17. The summed E-state index contributed by atoms with van der Waals surface area (Å²) in [7, 11) is 0. The van der Waals surface area contributed by atoms with Crippen LogP contribution in [0, 0.1) is 11.8 Å². The first-order chi connectivity index (χ1) is 9.67. The summed E-state index contributed by atoms with van der Waals surface area (Å²) >= 11 is 0. The fourth-order valence-corrected chi connectivity index (χ4v) is 4.81. The van der Waals surface area contributed by atoms with Gasteiger partial charge in [0.1, 0.15) is 0 Å². The summed E-state index contributed by atoms with van der Waals surface area (Å²) in [5.41, 5.74) is 3.49. The van der Waals surface area contributed by atoms with E-state index in [-0.39, 0.29) is 5.54 Å². The van der Waals surface area contributed by atoms with E-state index >= 15 is 0 Å². The molecule has 0 aromatic rings. The van der Waals surface area contributed by atoms with E-state index in [1.807, 2.05) is 0 Å². The van der Waals surface area contributed by atoms with Crippen molar-refractivity contribution in [1.29, 1.82) is 0 Å². The number of hydrogen-bond donors (Lipinski definition) is 2. The summed E-state index contributed by atoms with van der Waals surface area (Å²) < 4.78 is 0. The van der Waals surface area contributed by atoms with Gasteiger partial charge < -0.3 is 0 Å². The number of hydrazine groups is 1. The SMILES string of the molecule is CCC1CCCCC1C(NN)C(C)(CC)N1CCCC1. The molecular formula is C17H35N3. The van der Waals surface area contributed by atoms with Gasteiger partial charge in [0.05, 0.1) is 0 Å². The van der Waals surface area contributed by atoms with Gasteiger partial charge in [0.25, 0.3) is 0 Å². The van der Waals surface area contributed by atoms with Crippen molar-refractivity contribution in [2.24, 2.45) is 17.7 Å². The molecule has 1 aliphatic carbocycles. The third-order valence-electron chi connectivity index (χ3n) is 6.31. The highest BCUT2D eigenvalue weighted by Crippen LogP contribution is 2.40. The van der Waals surface area contributed by atoms with Gasteiger partial charge >= 0.3 is 0 Å². The van der Waals surface area contributed by atoms with E-state index < -0.39 is 0 Å². The third-order valence-corrected chi connectivity index (χ3v) is 6.31. The fraction of sp³-hybridized carbons (Fsp3) is 1.00. The fourth-order valence-electron chi connectivity index (χ4n) is 4.81.